The molecule has 2 aromatic carbocycles. The lowest BCUT2D eigenvalue weighted by atomic mass is 9.77. The number of halogens is 1. The molecule has 3 rings (SSSR count). The molecule has 0 amide bonds. The number of allylic oxidation sites excluding steroid dienone is 1. The molecule has 25 heavy (non-hydrogen) atoms. The summed E-state index contributed by atoms with van der Waals surface area (Å²) < 4.78 is 1.08. The lowest BCUT2D eigenvalue weighted by Crippen LogP contribution is -2.13. The fourth-order valence-corrected chi connectivity index (χ4v) is 3.92. The maximum absolute atomic E-state index is 3.84. The van der Waals surface area contributed by atoms with Crippen LogP contribution in [0.1, 0.15) is 61.1 Å². The number of rotatable bonds is 4. The normalized spacial score (nSPS) is 19.7. The molecule has 0 N–H and O–H groups in total. The number of hydrogen-bond donors (Lipinski definition) is 0. The molecule has 0 bridgehead atoms. The van der Waals surface area contributed by atoms with Crippen molar-refractivity contribution >= 4 is 15.9 Å². The lowest BCUT2D eigenvalue weighted by Gasteiger charge is -2.28. The van der Waals surface area contributed by atoms with E-state index >= 15 is 0 Å². The van der Waals surface area contributed by atoms with Crippen LogP contribution >= 0.6 is 15.9 Å². The van der Waals surface area contributed by atoms with Crippen LogP contribution in [0.15, 0.2) is 65.7 Å². The Morgan fingerprint density at radius 2 is 1.44 bits per heavy atom. The second-order valence-electron chi connectivity index (χ2n) is 6.96. The van der Waals surface area contributed by atoms with E-state index in [9.17, 15) is 0 Å². The molecule has 0 saturated heterocycles. The monoisotopic (exact) mass is 392 g/mol. The Balaban J connectivity index is 1.58. The van der Waals surface area contributed by atoms with Gasteiger partial charge in [-0.15, -0.1) is 6.58 Å². The Hall–Kier alpha value is -1.78. The SMILES string of the molecule is C=CCCC1CCC(c2ccc(C#Cc3ccc(Br)cc3)cc2)CC1. The Morgan fingerprint density at radius 3 is 2.00 bits per heavy atom. The highest BCUT2D eigenvalue weighted by molar-refractivity contribution is 9.10. The van der Waals surface area contributed by atoms with Crippen LogP contribution in [0.2, 0.25) is 0 Å². The first-order valence-corrected chi connectivity index (χ1v) is 10.0. The summed E-state index contributed by atoms with van der Waals surface area (Å²) in [6.45, 7) is 3.84. The third-order valence-electron chi connectivity index (χ3n) is 5.20. The van der Waals surface area contributed by atoms with Crippen molar-refractivity contribution in [1.82, 2.24) is 0 Å². The Labute approximate surface area is 160 Å². The fraction of sp³-hybridized carbons (Fsp3) is 0.333. The second-order valence-corrected chi connectivity index (χ2v) is 7.88. The van der Waals surface area contributed by atoms with Gasteiger partial charge in [0.15, 0.2) is 0 Å². The Bertz CT molecular complexity index is 735. The van der Waals surface area contributed by atoms with E-state index < -0.39 is 0 Å². The van der Waals surface area contributed by atoms with Crippen LogP contribution < -0.4 is 0 Å². The van der Waals surface area contributed by atoms with E-state index in [-0.39, 0.29) is 0 Å². The summed E-state index contributed by atoms with van der Waals surface area (Å²) in [4.78, 5) is 0. The van der Waals surface area contributed by atoms with Crippen LogP contribution in [-0.4, -0.2) is 0 Å². The third kappa shape index (κ3) is 5.35. The van der Waals surface area contributed by atoms with E-state index in [1.54, 1.807) is 0 Å². The van der Waals surface area contributed by atoms with Gasteiger partial charge in [0.05, 0.1) is 0 Å². The van der Waals surface area contributed by atoms with Gasteiger partial charge < -0.3 is 0 Å². The van der Waals surface area contributed by atoms with Crippen LogP contribution in [0.5, 0.6) is 0 Å². The summed E-state index contributed by atoms with van der Waals surface area (Å²) in [6.07, 6.45) is 9.92. The molecular formula is C24H25Br. The molecule has 2 aromatic rings. The van der Waals surface area contributed by atoms with Gasteiger partial charge in [-0.25, -0.2) is 0 Å². The maximum atomic E-state index is 3.84. The van der Waals surface area contributed by atoms with Gasteiger partial charge in [-0.3, -0.25) is 0 Å². The van der Waals surface area contributed by atoms with Gasteiger partial charge in [0.25, 0.3) is 0 Å². The summed E-state index contributed by atoms with van der Waals surface area (Å²) in [5.74, 6) is 8.14. The minimum Gasteiger partial charge on any atom is -0.103 e. The Kier molecular flexibility index (Phi) is 6.54. The van der Waals surface area contributed by atoms with Crippen molar-refractivity contribution in [1.29, 1.82) is 0 Å². The van der Waals surface area contributed by atoms with Crippen molar-refractivity contribution in [3.63, 3.8) is 0 Å². The highest BCUT2D eigenvalue weighted by Crippen LogP contribution is 2.37. The second kappa shape index (κ2) is 9.07. The van der Waals surface area contributed by atoms with Crippen LogP contribution in [-0.2, 0) is 0 Å². The summed E-state index contributed by atoms with van der Waals surface area (Å²) in [6, 6.07) is 17.0. The van der Waals surface area contributed by atoms with Crippen molar-refractivity contribution in [3.05, 3.63) is 82.3 Å². The highest BCUT2D eigenvalue weighted by atomic mass is 79.9. The molecule has 0 nitrogen and oxygen atoms in total. The van der Waals surface area contributed by atoms with Crippen LogP contribution in [0, 0.1) is 17.8 Å². The minimum atomic E-state index is 0.730. The van der Waals surface area contributed by atoms with Crippen molar-refractivity contribution < 1.29 is 0 Å². The van der Waals surface area contributed by atoms with Crippen LogP contribution in [0.25, 0.3) is 0 Å². The van der Waals surface area contributed by atoms with Crippen molar-refractivity contribution in [2.24, 2.45) is 5.92 Å². The zero-order chi connectivity index (χ0) is 17.5. The molecular weight excluding hydrogens is 368 g/mol. The molecule has 0 atom stereocenters. The molecule has 1 fully saturated rings. The van der Waals surface area contributed by atoms with E-state index in [2.05, 4.69) is 64.7 Å². The van der Waals surface area contributed by atoms with Gasteiger partial charge in [-0.2, -0.15) is 0 Å². The van der Waals surface area contributed by atoms with Gasteiger partial charge in [0, 0.05) is 15.6 Å². The van der Waals surface area contributed by atoms with Crippen molar-refractivity contribution in [2.75, 3.05) is 0 Å². The lowest BCUT2D eigenvalue weighted by molar-refractivity contribution is 0.312. The first kappa shape index (κ1) is 18.0. The van der Waals surface area contributed by atoms with E-state index in [4.69, 9.17) is 0 Å². The quantitative estimate of drug-likeness (QED) is 0.384. The largest absolute Gasteiger partial charge is 0.103 e. The molecule has 0 aliphatic heterocycles. The summed E-state index contributed by atoms with van der Waals surface area (Å²) >= 11 is 3.45. The molecule has 1 saturated carbocycles. The van der Waals surface area contributed by atoms with Gasteiger partial charge in [0.1, 0.15) is 0 Å². The fourth-order valence-electron chi connectivity index (χ4n) is 3.65. The predicted molar refractivity (Wildman–Crippen MR) is 111 cm³/mol. The molecule has 0 spiro atoms. The van der Waals surface area contributed by atoms with Gasteiger partial charge in [0.2, 0.25) is 0 Å². The van der Waals surface area contributed by atoms with Crippen LogP contribution in [0.4, 0.5) is 0 Å². The zero-order valence-electron chi connectivity index (χ0n) is 14.7. The van der Waals surface area contributed by atoms with Gasteiger partial charge in [-0.05, 0) is 92.3 Å². The van der Waals surface area contributed by atoms with E-state index in [1.807, 2.05) is 24.3 Å². The van der Waals surface area contributed by atoms with E-state index in [0.717, 1.165) is 27.4 Å². The number of benzene rings is 2. The standard InChI is InChI=1S/C24H25Br/c1-2-3-4-19-7-13-22(14-8-19)23-15-9-20(10-16-23)5-6-21-11-17-24(25)18-12-21/h2,9-12,15-19,22H,1,3-4,7-8,13-14H2. The molecule has 1 aliphatic rings. The van der Waals surface area contributed by atoms with Crippen molar-refractivity contribution in [3.8, 4) is 11.8 Å². The van der Waals surface area contributed by atoms with Gasteiger partial charge >= 0.3 is 0 Å². The summed E-state index contributed by atoms with van der Waals surface area (Å²) in [5.41, 5.74) is 3.62. The molecule has 0 heterocycles. The highest BCUT2D eigenvalue weighted by Gasteiger charge is 2.21. The van der Waals surface area contributed by atoms with Crippen molar-refractivity contribution in [2.45, 2.75) is 44.4 Å². The Morgan fingerprint density at radius 1 is 0.880 bits per heavy atom. The van der Waals surface area contributed by atoms with Crippen LogP contribution in [0.3, 0.4) is 0 Å². The molecule has 128 valence electrons. The van der Waals surface area contributed by atoms with Gasteiger partial charge in [-0.1, -0.05) is 46.0 Å². The summed E-state index contributed by atoms with van der Waals surface area (Å²) in [5, 5.41) is 0. The number of hydrogen-bond acceptors (Lipinski definition) is 0. The average Bonchev–Trinajstić information content (AvgIpc) is 2.67. The molecule has 0 unspecified atom stereocenters. The third-order valence-corrected chi connectivity index (χ3v) is 5.73. The summed E-state index contributed by atoms with van der Waals surface area (Å²) in [7, 11) is 0. The smallest absolute Gasteiger partial charge is 0.0249 e. The molecule has 0 radical (unpaired) electrons. The topological polar surface area (TPSA) is 0 Å². The van der Waals surface area contributed by atoms with E-state index in [1.165, 1.54) is 44.1 Å². The first-order valence-electron chi connectivity index (χ1n) is 9.23. The molecule has 0 aromatic heterocycles. The van der Waals surface area contributed by atoms with E-state index in [0.29, 0.717) is 0 Å². The maximum Gasteiger partial charge on any atom is 0.0249 e. The predicted octanol–water partition coefficient (Wildman–Crippen LogP) is 7.09. The zero-order valence-corrected chi connectivity index (χ0v) is 16.3. The minimum absolute atomic E-state index is 0.730. The molecule has 1 aliphatic carbocycles. The first-order chi connectivity index (χ1) is 12.2. The average molecular weight is 393 g/mol. The molecule has 1 heteroatoms.